The third kappa shape index (κ3) is 21.4. The summed E-state index contributed by atoms with van der Waals surface area (Å²) in [5.74, 6) is 0. The average molecular weight is 384 g/mol. The average Bonchev–Trinajstić information content (AvgIpc) is 1.94. The van der Waals surface area contributed by atoms with Gasteiger partial charge >= 0.3 is 103 Å². The molecule has 0 radical (unpaired) electrons. The van der Waals surface area contributed by atoms with Gasteiger partial charge in [0.2, 0.25) is 0 Å². The minimum Gasteiger partial charge on any atom is -0.790 e. The van der Waals surface area contributed by atoms with E-state index in [1.807, 2.05) is 0 Å². The van der Waals surface area contributed by atoms with Gasteiger partial charge in [-0.25, -0.2) is 0 Å². The normalized spacial score (nSPS) is 10.2. The summed E-state index contributed by atoms with van der Waals surface area (Å²) in [5.41, 5.74) is 0. The van der Waals surface area contributed by atoms with E-state index in [-0.39, 0.29) is 109 Å². The van der Waals surface area contributed by atoms with Gasteiger partial charge in [0.05, 0.1) is 14.4 Å². The summed E-state index contributed by atoms with van der Waals surface area (Å²) in [6, 6.07) is 0. The second-order valence-corrected chi connectivity index (χ2v) is 4.62. The molecule has 0 unspecified atom stereocenters. The first-order valence-electron chi connectivity index (χ1n) is 3.79. The van der Waals surface area contributed by atoms with Gasteiger partial charge in [-0.1, -0.05) is 35.4 Å². The fourth-order valence-corrected chi connectivity index (χ4v) is 1.62. The van der Waals surface area contributed by atoms with Crippen molar-refractivity contribution >= 4 is 30.4 Å². The quantitative estimate of drug-likeness (QED) is 0.145. The van der Waals surface area contributed by atoms with Crippen molar-refractivity contribution in [3.05, 3.63) is 0 Å². The Labute approximate surface area is 184 Å². The maximum absolute atomic E-state index is 9.97. The predicted octanol–water partition coefficient (Wildman–Crippen LogP) is -5.16. The largest absolute Gasteiger partial charge is 1.00 e. The molecule has 0 N–H and O–H groups in total. The summed E-state index contributed by atoms with van der Waals surface area (Å²) in [6.45, 7) is 0.0333. The molecule has 0 aliphatic rings. The second kappa shape index (κ2) is 15.2. The van der Waals surface area contributed by atoms with Crippen molar-refractivity contribution in [1.82, 2.24) is 0 Å². The van der Waals surface area contributed by atoms with E-state index < -0.39 is 7.82 Å². The molecule has 0 bridgehead atoms. The van der Waals surface area contributed by atoms with E-state index in [1.165, 1.54) is 0 Å². The van der Waals surface area contributed by atoms with Gasteiger partial charge in [-0.15, -0.1) is 0 Å². The molecule has 0 aromatic heterocycles. The Hall–Kier alpha value is 4.11. The molecule has 0 aliphatic heterocycles. The number of phosphoric ester groups is 1. The van der Waals surface area contributed by atoms with Crippen LogP contribution in [0.3, 0.4) is 0 Å². The van der Waals surface area contributed by atoms with Crippen LogP contribution in [0, 0.1) is 0 Å². The summed E-state index contributed by atoms with van der Waals surface area (Å²) in [6.07, 6.45) is 3.76. The van der Waals surface area contributed by atoms with E-state index in [1.54, 1.807) is 0 Å². The molecule has 74 valence electrons. The van der Waals surface area contributed by atoms with E-state index in [0.717, 1.165) is 23.7 Å². The van der Waals surface area contributed by atoms with Crippen LogP contribution < -0.4 is 113 Å². The molecule has 14 heavy (non-hydrogen) atoms. The van der Waals surface area contributed by atoms with Gasteiger partial charge in [0.25, 0.3) is 0 Å². The Balaban J connectivity index is -0.000000605. The maximum atomic E-state index is 9.97. The van der Waals surface area contributed by atoms with Crippen molar-refractivity contribution in [3.63, 3.8) is 0 Å². The van der Waals surface area contributed by atoms with Crippen molar-refractivity contribution in [2.24, 2.45) is 0 Å². The van der Waals surface area contributed by atoms with Gasteiger partial charge in [-0.05, 0) is 17.3 Å². The molecule has 0 heterocycles. The number of alkyl halides is 1. The standard InChI is InChI=1S/C6H14IO4P.2K/c7-5-3-1-2-4-6-11-12(8,9)10;;/h1-6H2,(H2,8,9,10);;/q;2*+1/p-2. The summed E-state index contributed by atoms with van der Waals surface area (Å²) in [5, 5.41) is 0. The number of phosphoric acid groups is 1. The molecule has 0 atom stereocenters. The van der Waals surface area contributed by atoms with E-state index in [0.29, 0.717) is 6.42 Å². The SMILES string of the molecule is O=P([O-])([O-])OCCCCCCI.[K+].[K+]. The molecule has 0 spiro atoms. The first-order chi connectivity index (χ1) is 5.56. The molecular formula is C6H12IK2O4P. The molecular weight excluding hydrogens is 372 g/mol. The first kappa shape index (κ1) is 23.2. The fourth-order valence-electron chi connectivity index (χ4n) is 0.726. The van der Waals surface area contributed by atoms with Gasteiger partial charge in [-0.2, -0.15) is 0 Å². The second-order valence-electron chi connectivity index (χ2n) is 2.38. The van der Waals surface area contributed by atoms with Crippen LogP contribution in [-0.4, -0.2) is 11.0 Å². The van der Waals surface area contributed by atoms with Crippen molar-refractivity contribution in [2.45, 2.75) is 25.7 Å². The Bertz CT molecular complexity index is 155. The number of hydrogen-bond donors (Lipinski definition) is 0. The topological polar surface area (TPSA) is 72.4 Å². The molecule has 4 nitrogen and oxygen atoms in total. The smallest absolute Gasteiger partial charge is 0.790 e. The third-order valence-corrected chi connectivity index (χ3v) is 2.54. The zero-order chi connectivity index (χ0) is 9.45. The van der Waals surface area contributed by atoms with Gasteiger partial charge in [0, 0.05) is 0 Å². The van der Waals surface area contributed by atoms with Gasteiger partial charge < -0.3 is 18.9 Å². The predicted molar refractivity (Wildman–Crippen MR) is 50.9 cm³/mol. The monoisotopic (exact) mass is 384 g/mol. The summed E-state index contributed by atoms with van der Waals surface area (Å²) in [7, 11) is -4.72. The van der Waals surface area contributed by atoms with Crippen LogP contribution in [0.4, 0.5) is 0 Å². The van der Waals surface area contributed by atoms with E-state index in [9.17, 15) is 14.4 Å². The Kier molecular flexibility index (Phi) is 25.2. The number of rotatable bonds is 7. The molecule has 8 heteroatoms. The first-order valence-corrected chi connectivity index (χ1v) is 6.77. The van der Waals surface area contributed by atoms with E-state index in [4.69, 9.17) is 0 Å². The van der Waals surface area contributed by atoms with Gasteiger partial charge in [-0.3, -0.25) is 0 Å². The van der Waals surface area contributed by atoms with Crippen LogP contribution in [0.5, 0.6) is 0 Å². The zero-order valence-electron chi connectivity index (χ0n) is 8.70. The van der Waals surface area contributed by atoms with E-state index in [2.05, 4.69) is 27.1 Å². The molecule has 0 rings (SSSR count). The van der Waals surface area contributed by atoms with Crippen molar-refractivity contribution in [2.75, 3.05) is 11.0 Å². The summed E-state index contributed by atoms with van der Waals surface area (Å²) >= 11 is 2.29. The Morgan fingerprint density at radius 2 is 1.57 bits per heavy atom. The Morgan fingerprint density at radius 1 is 1.07 bits per heavy atom. The molecule has 0 aliphatic carbocycles. The summed E-state index contributed by atoms with van der Waals surface area (Å²) < 4.78 is 15.1. The molecule has 0 aromatic rings. The molecule has 0 fully saturated rings. The Morgan fingerprint density at radius 3 is 2.00 bits per heavy atom. The number of unbranched alkanes of at least 4 members (excludes halogenated alkanes) is 3. The van der Waals surface area contributed by atoms with Crippen LogP contribution in [0.2, 0.25) is 0 Å². The van der Waals surface area contributed by atoms with Crippen molar-refractivity contribution in [1.29, 1.82) is 0 Å². The van der Waals surface area contributed by atoms with Crippen LogP contribution in [0.15, 0.2) is 0 Å². The van der Waals surface area contributed by atoms with E-state index >= 15 is 0 Å². The number of halogens is 1. The zero-order valence-corrected chi connectivity index (χ0v) is 18.0. The van der Waals surface area contributed by atoms with Gasteiger partial charge in [0.1, 0.15) is 0 Å². The molecule has 0 saturated carbocycles. The minimum absolute atomic E-state index is 0. The van der Waals surface area contributed by atoms with Crippen molar-refractivity contribution in [3.8, 4) is 0 Å². The van der Waals surface area contributed by atoms with Crippen LogP contribution in [-0.2, 0) is 9.09 Å². The molecule has 0 saturated heterocycles. The fraction of sp³-hybridized carbons (Fsp3) is 1.00. The third-order valence-electron chi connectivity index (χ3n) is 1.28. The number of hydrogen-bond acceptors (Lipinski definition) is 4. The maximum Gasteiger partial charge on any atom is 1.00 e. The summed E-state index contributed by atoms with van der Waals surface area (Å²) in [4.78, 5) is 19.9. The minimum atomic E-state index is -4.72. The van der Waals surface area contributed by atoms with Crippen LogP contribution in [0.25, 0.3) is 0 Å². The van der Waals surface area contributed by atoms with Crippen LogP contribution >= 0.6 is 30.4 Å². The van der Waals surface area contributed by atoms with Crippen molar-refractivity contribution < 1.29 is 122 Å². The molecule has 0 aromatic carbocycles. The molecule has 0 amide bonds. The van der Waals surface area contributed by atoms with Crippen LogP contribution in [0.1, 0.15) is 25.7 Å². The van der Waals surface area contributed by atoms with Gasteiger partial charge in [0.15, 0.2) is 0 Å².